The van der Waals surface area contributed by atoms with Gasteiger partial charge in [0, 0.05) is 12.2 Å². The van der Waals surface area contributed by atoms with Crippen molar-refractivity contribution in [1.29, 1.82) is 0 Å². The highest BCUT2D eigenvalue weighted by Crippen LogP contribution is 2.21. The van der Waals surface area contributed by atoms with Gasteiger partial charge in [0.25, 0.3) is 0 Å². The first-order valence-electron chi connectivity index (χ1n) is 5.75. The second-order valence-corrected chi connectivity index (χ2v) is 3.96. The van der Waals surface area contributed by atoms with E-state index in [-0.39, 0.29) is 12.2 Å². The molecule has 1 aliphatic rings. The molecule has 1 saturated heterocycles. The molecule has 3 nitrogen and oxygen atoms in total. The first-order chi connectivity index (χ1) is 6.76. The van der Waals surface area contributed by atoms with Crippen LogP contribution in [0.4, 0.5) is 0 Å². The van der Waals surface area contributed by atoms with E-state index in [4.69, 9.17) is 9.31 Å². The monoisotopic (exact) mass is 200 g/mol. The summed E-state index contributed by atoms with van der Waals surface area (Å²) in [6, 6.07) is 0. The summed E-state index contributed by atoms with van der Waals surface area (Å²) < 4.78 is 10.5. The van der Waals surface area contributed by atoms with Crippen LogP contribution in [-0.2, 0) is 9.31 Å². The summed E-state index contributed by atoms with van der Waals surface area (Å²) >= 11 is 0. The van der Waals surface area contributed by atoms with Crippen LogP contribution in [0.2, 0.25) is 0 Å². The Bertz CT molecular complexity index is 154. The maximum Gasteiger partial charge on any atom is 0.637 e. The lowest BCUT2D eigenvalue weighted by molar-refractivity contribution is -0.0224. The molecule has 0 aromatic carbocycles. The minimum atomic E-state index is -1.000. The molecule has 4 heteroatoms. The smallest absolute Gasteiger partial charge is 0.402 e. The van der Waals surface area contributed by atoms with Crippen molar-refractivity contribution in [3.05, 3.63) is 0 Å². The molecule has 0 amide bonds. The average molecular weight is 200 g/mol. The summed E-state index contributed by atoms with van der Waals surface area (Å²) in [5.74, 6) is 0. The Labute approximate surface area is 87.0 Å². The zero-order valence-electron chi connectivity index (χ0n) is 9.24. The molecule has 0 bridgehead atoms. The summed E-state index contributed by atoms with van der Waals surface area (Å²) in [7, 11) is -1.000. The van der Waals surface area contributed by atoms with Crippen molar-refractivity contribution in [3.8, 4) is 0 Å². The van der Waals surface area contributed by atoms with Gasteiger partial charge in [-0.15, -0.1) is 0 Å². The highest BCUT2D eigenvalue weighted by atomic mass is 16.7. The molecule has 1 fully saturated rings. The van der Waals surface area contributed by atoms with Crippen molar-refractivity contribution in [1.82, 2.24) is 0 Å². The normalized spacial score (nSPS) is 28.1. The molecule has 2 atom stereocenters. The summed E-state index contributed by atoms with van der Waals surface area (Å²) in [5.41, 5.74) is 0. The quantitative estimate of drug-likeness (QED) is 0.545. The van der Waals surface area contributed by atoms with E-state index in [0.717, 1.165) is 19.3 Å². The van der Waals surface area contributed by atoms with Crippen molar-refractivity contribution >= 4 is 7.32 Å². The van der Waals surface area contributed by atoms with Gasteiger partial charge in [0.05, 0.1) is 0 Å². The third kappa shape index (κ3) is 3.99. The molecule has 82 valence electrons. The zero-order chi connectivity index (χ0) is 10.4. The largest absolute Gasteiger partial charge is 0.637 e. The molecule has 0 aromatic rings. The van der Waals surface area contributed by atoms with Crippen LogP contribution in [0.3, 0.4) is 0 Å². The summed E-state index contributed by atoms with van der Waals surface area (Å²) in [4.78, 5) is 0. The third-order valence-electron chi connectivity index (χ3n) is 2.73. The van der Waals surface area contributed by atoms with E-state index in [2.05, 4.69) is 13.8 Å². The lowest BCUT2D eigenvalue weighted by Gasteiger charge is -2.30. The maximum absolute atomic E-state index is 9.29. The summed E-state index contributed by atoms with van der Waals surface area (Å²) in [6.45, 7) is 4.26. The Balaban J connectivity index is 2.23. The minimum absolute atomic E-state index is 0.172. The van der Waals surface area contributed by atoms with E-state index in [9.17, 15) is 5.02 Å². The molecule has 0 saturated carbocycles. The van der Waals surface area contributed by atoms with Gasteiger partial charge in [0.2, 0.25) is 0 Å². The average Bonchev–Trinajstić information content (AvgIpc) is 2.17. The molecular weight excluding hydrogens is 179 g/mol. The topological polar surface area (TPSA) is 38.7 Å². The van der Waals surface area contributed by atoms with Crippen LogP contribution in [-0.4, -0.2) is 24.6 Å². The van der Waals surface area contributed by atoms with Gasteiger partial charge in [0.15, 0.2) is 0 Å². The van der Waals surface area contributed by atoms with Crippen molar-refractivity contribution in [2.45, 2.75) is 64.6 Å². The van der Waals surface area contributed by atoms with Gasteiger partial charge in [0.1, 0.15) is 0 Å². The van der Waals surface area contributed by atoms with Crippen molar-refractivity contribution < 1.29 is 14.3 Å². The molecule has 0 spiro atoms. The van der Waals surface area contributed by atoms with Crippen LogP contribution in [0.1, 0.15) is 52.4 Å². The molecule has 1 N–H and O–H groups in total. The predicted molar refractivity (Wildman–Crippen MR) is 56.8 cm³/mol. The van der Waals surface area contributed by atoms with E-state index in [1.165, 1.54) is 19.3 Å². The molecule has 1 heterocycles. The molecule has 1 aliphatic heterocycles. The fourth-order valence-corrected chi connectivity index (χ4v) is 1.84. The van der Waals surface area contributed by atoms with Crippen LogP contribution in [0, 0.1) is 0 Å². The van der Waals surface area contributed by atoms with E-state index < -0.39 is 7.32 Å². The van der Waals surface area contributed by atoms with Gasteiger partial charge >= 0.3 is 7.32 Å². The standard InChI is InChI=1S/C10H21BO3/c1-3-5-6-7-10-8-9(4-2)13-11(12)14-10/h9-10,12H,3-8H2,1-2H3. The molecule has 2 unspecified atom stereocenters. The Morgan fingerprint density at radius 2 is 1.93 bits per heavy atom. The Hall–Kier alpha value is -0.0551. The Kier molecular flexibility index (Phi) is 5.52. The number of hydrogen-bond donors (Lipinski definition) is 1. The minimum Gasteiger partial charge on any atom is -0.402 e. The highest BCUT2D eigenvalue weighted by molar-refractivity contribution is 6.34. The molecule has 0 aromatic heterocycles. The Morgan fingerprint density at radius 1 is 1.21 bits per heavy atom. The molecule has 0 aliphatic carbocycles. The third-order valence-corrected chi connectivity index (χ3v) is 2.73. The Morgan fingerprint density at radius 3 is 2.57 bits per heavy atom. The van der Waals surface area contributed by atoms with Crippen molar-refractivity contribution in [3.63, 3.8) is 0 Å². The number of hydrogen-bond acceptors (Lipinski definition) is 3. The first kappa shape index (κ1) is 12.0. The second kappa shape index (κ2) is 6.43. The molecule has 0 radical (unpaired) electrons. The molecule has 1 rings (SSSR count). The van der Waals surface area contributed by atoms with Gasteiger partial charge in [-0.3, -0.25) is 0 Å². The van der Waals surface area contributed by atoms with Gasteiger partial charge in [-0.25, -0.2) is 0 Å². The van der Waals surface area contributed by atoms with E-state index in [0.29, 0.717) is 0 Å². The van der Waals surface area contributed by atoms with E-state index in [1.54, 1.807) is 0 Å². The van der Waals surface area contributed by atoms with Gasteiger partial charge in [-0.05, 0) is 19.3 Å². The van der Waals surface area contributed by atoms with Crippen LogP contribution in [0.5, 0.6) is 0 Å². The van der Waals surface area contributed by atoms with Crippen LogP contribution < -0.4 is 0 Å². The summed E-state index contributed by atoms with van der Waals surface area (Å²) in [6.07, 6.45) is 6.94. The van der Waals surface area contributed by atoms with Crippen molar-refractivity contribution in [2.75, 3.05) is 0 Å². The SMILES string of the molecule is CCCCCC1CC(CC)OB(O)O1. The molecule has 14 heavy (non-hydrogen) atoms. The van der Waals surface area contributed by atoms with Gasteiger partial charge in [-0.1, -0.05) is 33.1 Å². The fraction of sp³-hybridized carbons (Fsp3) is 1.00. The van der Waals surface area contributed by atoms with Crippen LogP contribution >= 0.6 is 0 Å². The zero-order valence-corrected chi connectivity index (χ0v) is 9.24. The van der Waals surface area contributed by atoms with Crippen LogP contribution in [0.25, 0.3) is 0 Å². The van der Waals surface area contributed by atoms with E-state index >= 15 is 0 Å². The van der Waals surface area contributed by atoms with E-state index in [1.807, 2.05) is 0 Å². The van der Waals surface area contributed by atoms with Gasteiger partial charge in [-0.2, -0.15) is 0 Å². The lowest BCUT2D eigenvalue weighted by Crippen LogP contribution is -2.41. The summed E-state index contributed by atoms with van der Waals surface area (Å²) in [5, 5.41) is 9.29. The van der Waals surface area contributed by atoms with Gasteiger partial charge < -0.3 is 14.3 Å². The number of rotatable bonds is 5. The second-order valence-electron chi connectivity index (χ2n) is 3.96. The van der Waals surface area contributed by atoms with Crippen molar-refractivity contribution in [2.24, 2.45) is 0 Å². The first-order valence-corrected chi connectivity index (χ1v) is 5.75. The predicted octanol–water partition coefficient (Wildman–Crippen LogP) is 2.13. The van der Waals surface area contributed by atoms with Crippen LogP contribution in [0.15, 0.2) is 0 Å². The maximum atomic E-state index is 9.29. The number of unbranched alkanes of at least 4 members (excludes halogenated alkanes) is 2. The highest BCUT2D eigenvalue weighted by Gasteiger charge is 2.32. The lowest BCUT2D eigenvalue weighted by atomic mass is 9.98. The fourth-order valence-electron chi connectivity index (χ4n) is 1.84. The molecular formula is C10H21BO3.